The number of hydrogen-bond acceptors (Lipinski definition) is 5. The molecule has 35 heavy (non-hydrogen) atoms. The summed E-state index contributed by atoms with van der Waals surface area (Å²) in [5.41, 5.74) is 4.66. The van der Waals surface area contributed by atoms with Crippen molar-refractivity contribution in [2.24, 2.45) is 17.8 Å². The average Bonchev–Trinajstić information content (AvgIpc) is 3.57. The maximum Gasteiger partial charge on any atom is 0.407 e. The number of fused-ring (bicyclic) bond motifs is 3. The van der Waals surface area contributed by atoms with Crippen molar-refractivity contribution in [3.05, 3.63) is 59.7 Å². The molecular formula is C27H30N2O6. The Labute approximate surface area is 204 Å². The van der Waals surface area contributed by atoms with Crippen LogP contribution in [0.25, 0.3) is 11.1 Å². The van der Waals surface area contributed by atoms with Crippen LogP contribution in [0.4, 0.5) is 4.79 Å². The molecule has 2 aromatic carbocycles. The quantitative estimate of drug-likeness (QED) is 0.661. The van der Waals surface area contributed by atoms with Gasteiger partial charge in [0.05, 0.1) is 24.5 Å². The summed E-state index contributed by atoms with van der Waals surface area (Å²) < 4.78 is 11.3. The zero-order chi connectivity index (χ0) is 24.5. The van der Waals surface area contributed by atoms with E-state index in [1.807, 2.05) is 31.2 Å². The first-order chi connectivity index (χ1) is 16.9. The van der Waals surface area contributed by atoms with E-state index in [-0.39, 0.29) is 56.1 Å². The fourth-order valence-corrected chi connectivity index (χ4v) is 5.59. The van der Waals surface area contributed by atoms with Gasteiger partial charge in [-0.3, -0.25) is 9.59 Å². The molecule has 184 valence electrons. The van der Waals surface area contributed by atoms with Crippen molar-refractivity contribution in [1.29, 1.82) is 0 Å². The van der Waals surface area contributed by atoms with Gasteiger partial charge in [-0.15, -0.1) is 0 Å². The van der Waals surface area contributed by atoms with Crippen LogP contribution in [-0.2, 0) is 19.1 Å². The number of aliphatic carboxylic acids is 1. The van der Waals surface area contributed by atoms with Crippen LogP contribution >= 0.6 is 0 Å². The lowest BCUT2D eigenvalue weighted by molar-refractivity contribution is -0.142. The number of carboxylic acid groups (broad SMARTS) is 1. The van der Waals surface area contributed by atoms with E-state index >= 15 is 0 Å². The second kappa shape index (κ2) is 9.70. The Hall–Kier alpha value is -3.39. The van der Waals surface area contributed by atoms with E-state index in [2.05, 4.69) is 29.6 Å². The molecule has 4 unspecified atom stereocenters. The molecule has 2 heterocycles. The van der Waals surface area contributed by atoms with E-state index in [9.17, 15) is 19.5 Å². The summed E-state index contributed by atoms with van der Waals surface area (Å²) in [6, 6.07) is 16.4. The number of rotatable bonds is 6. The number of amides is 2. The van der Waals surface area contributed by atoms with E-state index in [1.165, 1.54) is 11.1 Å². The largest absolute Gasteiger partial charge is 0.481 e. The van der Waals surface area contributed by atoms with Gasteiger partial charge >= 0.3 is 12.1 Å². The molecule has 2 saturated heterocycles. The van der Waals surface area contributed by atoms with Crippen LogP contribution in [0, 0.1) is 17.8 Å². The lowest BCUT2D eigenvalue weighted by Crippen LogP contribution is -2.36. The number of likely N-dealkylation sites (tertiary alicyclic amines) is 1. The van der Waals surface area contributed by atoms with E-state index in [0.29, 0.717) is 13.0 Å². The summed E-state index contributed by atoms with van der Waals surface area (Å²) in [4.78, 5) is 38.2. The third-order valence-electron chi connectivity index (χ3n) is 7.49. The maximum absolute atomic E-state index is 12.8. The number of nitrogens with zero attached hydrogens (tertiary/aromatic N) is 1. The van der Waals surface area contributed by atoms with Crippen molar-refractivity contribution in [2.45, 2.75) is 25.4 Å². The zero-order valence-electron chi connectivity index (χ0n) is 19.7. The minimum atomic E-state index is -0.861. The van der Waals surface area contributed by atoms with Gasteiger partial charge in [0.2, 0.25) is 5.91 Å². The Kier molecular flexibility index (Phi) is 6.47. The Morgan fingerprint density at radius 2 is 1.71 bits per heavy atom. The van der Waals surface area contributed by atoms with Gasteiger partial charge < -0.3 is 24.8 Å². The molecule has 0 bridgehead atoms. The van der Waals surface area contributed by atoms with Gasteiger partial charge in [0.25, 0.3) is 0 Å². The molecule has 0 radical (unpaired) electrons. The summed E-state index contributed by atoms with van der Waals surface area (Å²) in [5.74, 6) is -1.83. The lowest BCUT2D eigenvalue weighted by Gasteiger charge is -2.19. The van der Waals surface area contributed by atoms with Gasteiger partial charge in [-0.05, 0) is 34.6 Å². The molecule has 2 amide bonds. The fourth-order valence-electron chi connectivity index (χ4n) is 5.59. The highest BCUT2D eigenvalue weighted by molar-refractivity contribution is 5.81. The molecule has 2 aliphatic heterocycles. The lowest BCUT2D eigenvalue weighted by atomic mass is 9.98. The highest BCUT2D eigenvalue weighted by Crippen LogP contribution is 2.44. The van der Waals surface area contributed by atoms with Crippen molar-refractivity contribution in [2.75, 3.05) is 32.8 Å². The predicted molar refractivity (Wildman–Crippen MR) is 128 cm³/mol. The van der Waals surface area contributed by atoms with Gasteiger partial charge in [0.1, 0.15) is 6.61 Å². The number of ether oxygens (including phenoxy) is 2. The predicted octanol–water partition coefficient (Wildman–Crippen LogP) is 3.11. The van der Waals surface area contributed by atoms with Gasteiger partial charge in [0, 0.05) is 25.6 Å². The summed E-state index contributed by atoms with van der Waals surface area (Å²) in [6.45, 7) is 3.33. The molecule has 8 heteroatoms. The molecule has 0 spiro atoms. The standard InChI is InChI=1S/C27H30N2O6/c1-16-12-29(13-23(16)26(31)32)25(30)17-10-18(34-14-17)11-28-27(33)35-15-24-21-8-4-2-6-19(21)20-7-3-5-9-22(20)24/h2-9,16-18,23-24H,10-15H2,1H3,(H,28,33)(H,31,32). The Balaban J connectivity index is 1.09. The molecule has 1 aliphatic carbocycles. The Morgan fingerprint density at radius 1 is 1.06 bits per heavy atom. The van der Waals surface area contributed by atoms with E-state index in [1.54, 1.807) is 4.90 Å². The fraction of sp³-hybridized carbons (Fsp3) is 0.444. The van der Waals surface area contributed by atoms with Gasteiger partial charge in [-0.25, -0.2) is 4.79 Å². The minimum Gasteiger partial charge on any atom is -0.481 e. The molecule has 0 saturated carbocycles. The molecule has 3 aliphatic rings. The highest BCUT2D eigenvalue weighted by atomic mass is 16.5. The van der Waals surface area contributed by atoms with Crippen molar-refractivity contribution < 1.29 is 29.0 Å². The normalized spacial score (nSPS) is 25.2. The summed E-state index contributed by atoms with van der Waals surface area (Å²) in [5, 5.41) is 12.1. The summed E-state index contributed by atoms with van der Waals surface area (Å²) in [7, 11) is 0. The van der Waals surface area contributed by atoms with E-state index < -0.39 is 18.0 Å². The van der Waals surface area contributed by atoms with Crippen molar-refractivity contribution in [3.63, 3.8) is 0 Å². The number of alkyl carbamates (subject to hydrolysis) is 1. The summed E-state index contributed by atoms with van der Waals surface area (Å²) in [6.07, 6.45) is -0.298. The Morgan fingerprint density at radius 3 is 2.34 bits per heavy atom. The smallest absolute Gasteiger partial charge is 0.407 e. The SMILES string of the molecule is CC1CN(C(=O)C2COC(CNC(=O)OCC3c4ccccc4-c4ccccc43)C2)CC1C(=O)O. The van der Waals surface area contributed by atoms with Crippen LogP contribution in [0.5, 0.6) is 0 Å². The second-order valence-electron chi connectivity index (χ2n) is 9.76. The number of nitrogens with one attached hydrogen (secondary N) is 1. The van der Waals surface area contributed by atoms with Crippen LogP contribution in [-0.4, -0.2) is 66.9 Å². The average molecular weight is 479 g/mol. The zero-order valence-corrected chi connectivity index (χ0v) is 19.7. The third kappa shape index (κ3) is 4.62. The van der Waals surface area contributed by atoms with E-state index in [0.717, 1.165) is 11.1 Å². The first kappa shape index (κ1) is 23.4. The molecule has 2 aromatic rings. The van der Waals surface area contributed by atoms with Crippen molar-refractivity contribution in [1.82, 2.24) is 10.2 Å². The molecular weight excluding hydrogens is 448 g/mol. The molecule has 0 aromatic heterocycles. The second-order valence-corrected chi connectivity index (χ2v) is 9.76. The topological polar surface area (TPSA) is 105 Å². The molecule has 8 nitrogen and oxygen atoms in total. The summed E-state index contributed by atoms with van der Waals surface area (Å²) >= 11 is 0. The first-order valence-corrected chi connectivity index (χ1v) is 12.1. The van der Waals surface area contributed by atoms with Crippen LogP contribution in [0.1, 0.15) is 30.4 Å². The number of hydrogen-bond donors (Lipinski definition) is 2. The number of carboxylic acids is 1. The minimum absolute atomic E-state index is 0.00429. The molecule has 2 N–H and O–H groups in total. The van der Waals surface area contributed by atoms with E-state index in [4.69, 9.17) is 9.47 Å². The number of benzene rings is 2. The number of carbonyl (C=O) groups is 3. The highest BCUT2D eigenvalue weighted by Gasteiger charge is 2.41. The van der Waals surface area contributed by atoms with Gasteiger partial charge in [-0.2, -0.15) is 0 Å². The van der Waals surface area contributed by atoms with Gasteiger partial charge in [0.15, 0.2) is 0 Å². The molecule has 5 rings (SSSR count). The maximum atomic E-state index is 12.8. The van der Waals surface area contributed by atoms with Crippen LogP contribution in [0.2, 0.25) is 0 Å². The van der Waals surface area contributed by atoms with Gasteiger partial charge in [-0.1, -0.05) is 55.5 Å². The van der Waals surface area contributed by atoms with Crippen LogP contribution in [0.15, 0.2) is 48.5 Å². The van der Waals surface area contributed by atoms with Crippen molar-refractivity contribution >= 4 is 18.0 Å². The molecule has 4 atom stereocenters. The first-order valence-electron chi connectivity index (χ1n) is 12.1. The third-order valence-corrected chi connectivity index (χ3v) is 7.49. The molecule has 2 fully saturated rings. The monoisotopic (exact) mass is 478 g/mol. The Bertz CT molecular complexity index is 1090. The number of carbonyl (C=O) groups excluding carboxylic acids is 2. The van der Waals surface area contributed by atoms with Crippen LogP contribution in [0.3, 0.4) is 0 Å². The van der Waals surface area contributed by atoms with Crippen molar-refractivity contribution in [3.8, 4) is 11.1 Å². The van der Waals surface area contributed by atoms with Crippen LogP contribution < -0.4 is 5.32 Å².